The Morgan fingerprint density at radius 3 is 2.71 bits per heavy atom. The highest BCUT2D eigenvalue weighted by Crippen LogP contribution is 2.27. The fourth-order valence-corrected chi connectivity index (χ4v) is 1.55. The van der Waals surface area contributed by atoms with Gasteiger partial charge in [0.25, 0.3) is 0 Å². The number of nitrogens with one attached hydrogen (secondary N) is 2. The average molecular weight is 248 g/mol. The first-order valence-corrected chi connectivity index (χ1v) is 4.63. The minimum atomic E-state index is -4.43. The van der Waals surface area contributed by atoms with Gasteiger partial charge in [0.15, 0.2) is 0 Å². The summed E-state index contributed by atoms with van der Waals surface area (Å²) in [6, 6.07) is 0.163. The summed E-state index contributed by atoms with van der Waals surface area (Å²) in [6.07, 6.45) is -5.67. The molecule has 0 aromatic carbocycles. The van der Waals surface area contributed by atoms with E-state index in [2.05, 4.69) is 15.1 Å². The largest absolute Gasteiger partial charge is 0.406 e. The molecule has 1 aromatic rings. The van der Waals surface area contributed by atoms with Gasteiger partial charge in [-0.3, -0.25) is 5.32 Å². The van der Waals surface area contributed by atoms with Gasteiger partial charge in [0.2, 0.25) is 5.88 Å². The van der Waals surface area contributed by atoms with Crippen LogP contribution in [-0.2, 0) is 13.0 Å². The Labute approximate surface area is 92.6 Å². The summed E-state index contributed by atoms with van der Waals surface area (Å²) in [6.45, 7) is -0.101. The number of urea groups is 1. The smallest absolute Gasteiger partial charge is 0.393 e. The van der Waals surface area contributed by atoms with Crippen molar-refractivity contribution >= 4 is 11.9 Å². The van der Waals surface area contributed by atoms with E-state index in [1.165, 1.54) is 0 Å². The van der Waals surface area contributed by atoms with Gasteiger partial charge in [0.05, 0.1) is 13.0 Å². The van der Waals surface area contributed by atoms with Crippen molar-refractivity contribution < 1.29 is 22.4 Å². The number of hydrogen-bond acceptors (Lipinski definition) is 3. The maximum Gasteiger partial charge on any atom is 0.393 e. The van der Waals surface area contributed by atoms with Crippen LogP contribution >= 0.6 is 0 Å². The van der Waals surface area contributed by atoms with Gasteiger partial charge in [0, 0.05) is 11.6 Å². The second-order valence-electron chi connectivity index (χ2n) is 3.50. The molecule has 2 rings (SSSR count). The molecule has 2 N–H and O–H groups in total. The molecule has 0 fully saturated rings. The Hall–Kier alpha value is -1.99. The quantitative estimate of drug-likeness (QED) is 0.788. The molecule has 0 spiro atoms. The van der Waals surface area contributed by atoms with Crippen LogP contribution < -0.4 is 16.3 Å². The van der Waals surface area contributed by atoms with Crippen LogP contribution in [0.4, 0.5) is 23.8 Å². The van der Waals surface area contributed by atoms with Gasteiger partial charge in [0.1, 0.15) is 0 Å². The van der Waals surface area contributed by atoms with E-state index in [0.29, 0.717) is 0 Å². The van der Waals surface area contributed by atoms with Gasteiger partial charge >= 0.3 is 17.8 Å². The zero-order valence-electron chi connectivity index (χ0n) is 8.35. The maximum atomic E-state index is 12.3. The Kier molecular flexibility index (Phi) is 2.56. The topological polar surface area (TPSA) is 71.3 Å². The molecular formula is C9H7F3N2O3. The summed E-state index contributed by atoms with van der Waals surface area (Å²) in [5.41, 5.74) is -0.983. The molecule has 1 aromatic heterocycles. The standard InChI is InChI=1S/C9H7F3N2O3/c10-9(11,12)2-4-1-6(15)17-7-5(4)3-13-8(16)14-7/h1H,2-3H2,(H2,13,14,16). The highest BCUT2D eigenvalue weighted by Gasteiger charge is 2.31. The highest BCUT2D eigenvalue weighted by atomic mass is 19.4. The Morgan fingerprint density at radius 1 is 1.35 bits per heavy atom. The minimum Gasteiger partial charge on any atom is -0.406 e. The summed E-state index contributed by atoms with van der Waals surface area (Å²) in [5, 5.41) is 4.45. The van der Waals surface area contributed by atoms with Crippen LogP contribution in [0.1, 0.15) is 11.1 Å². The number of halogens is 3. The molecule has 92 valence electrons. The normalized spacial score (nSPS) is 14.9. The third-order valence-electron chi connectivity index (χ3n) is 2.20. The molecule has 8 heteroatoms. The van der Waals surface area contributed by atoms with Crippen LogP contribution in [-0.4, -0.2) is 12.2 Å². The Morgan fingerprint density at radius 2 is 2.06 bits per heavy atom. The molecule has 0 saturated heterocycles. The summed E-state index contributed by atoms with van der Waals surface area (Å²) in [7, 11) is 0. The zero-order valence-corrected chi connectivity index (χ0v) is 8.35. The molecule has 2 heterocycles. The van der Waals surface area contributed by atoms with Crippen LogP contribution in [0.15, 0.2) is 15.3 Å². The number of amides is 2. The fraction of sp³-hybridized carbons (Fsp3) is 0.333. The number of rotatable bonds is 1. The number of anilines is 1. The lowest BCUT2D eigenvalue weighted by molar-refractivity contribution is -0.127. The lowest BCUT2D eigenvalue weighted by atomic mass is 10.1. The lowest BCUT2D eigenvalue weighted by Gasteiger charge is -2.19. The van der Waals surface area contributed by atoms with Crippen LogP contribution in [0.25, 0.3) is 0 Å². The number of carbonyl (C=O) groups is 1. The molecule has 0 aliphatic carbocycles. The van der Waals surface area contributed by atoms with Crippen molar-refractivity contribution in [3.63, 3.8) is 0 Å². The number of alkyl halides is 3. The zero-order chi connectivity index (χ0) is 12.6. The second-order valence-corrected chi connectivity index (χ2v) is 3.50. The molecule has 1 aliphatic heterocycles. The van der Waals surface area contributed by atoms with Crippen molar-refractivity contribution in [2.24, 2.45) is 0 Å². The van der Waals surface area contributed by atoms with Crippen molar-refractivity contribution in [1.82, 2.24) is 5.32 Å². The van der Waals surface area contributed by atoms with E-state index in [1.807, 2.05) is 0 Å². The van der Waals surface area contributed by atoms with E-state index in [0.717, 1.165) is 6.07 Å². The SMILES string of the molecule is O=C1NCc2c(CC(F)(F)F)cc(=O)oc2N1. The first kappa shape index (κ1) is 11.5. The second kappa shape index (κ2) is 3.79. The minimum absolute atomic E-state index is 0.101. The first-order chi connectivity index (χ1) is 7.85. The van der Waals surface area contributed by atoms with Crippen molar-refractivity contribution in [2.75, 3.05) is 5.32 Å². The fourth-order valence-electron chi connectivity index (χ4n) is 1.55. The van der Waals surface area contributed by atoms with Gasteiger partial charge in [-0.2, -0.15) is 13.2 Å². The summed E-state index contributed by atoms with van der Waals surface area (Å²) in [5.74, 6) is -0.222. The van der Waals surface area contributed by atoms with Gasteiger partial charge in [-0.15, -0.1) is 0 Å². The third kappa shape index (κ3) is 2.58. The molecule has 2 amide bonds. The van der Waals surface area contributed by atoms with Gasteiger partial charge < -0.3 is 9.73 Å². The van der Waals surface area contributed by atoms with E-state index in [1.54, 1.807) is 0 Å². The van der Waals surface area contributed by atoms with Gasteiger partial charge in [-0.25, -0.2) is 9.59 Å². The predicted molar refractivity (Wildman–Crippen MR) is 50.6 cm³/mol. The molecule has 0 unspecified atom stereocenters. The first-order valence-electron chi connectivity index (χ1n) is 4.63. The summed E-state index contributed by atoms with van der Waals surface area (Å²) < 4.78 is 41.5. The monoisotopic (exact) mass is 248 g/mol. The number of hydrogen-bond donors (Lipinski definition) is 2. The molecule has 0 radical (unpaired) electrons. The van der Waals surface area contributed by atoms with Gasteiger partial charge in [-0.05, 0) is 5.56 Å². The van der Waals surface area contributed by atoms with E-state index < -0.39 is 24.3 Å². The predicted octanol–water partition coefficient (Wildman–Crippen LogP) is 1.38. The van der Waals surface area contributed by atoms with Crippen LogP contribution in [0.2, 0.25) is 0 Å². The molecule has 1 aliphatic rings. The van der Waals surface area contributed by atoms with E-state index >= 15 is 0 Å². The van der Waals surface area contributed by atoms with Crippen LogP contribution in [0.3, 0.4) is 0 Å². The molecule has 0 bridgehead atoms. The van der Waals surface area contributed by atoms with Crippen molar-refractivity contribution in [3.8, 4) is 0 Å². The van der Waals surface area contributed by atoms with Crippen molar-refractivity contribution in [2.45, 2.75) is 19.1 Å². The van der Waals surface area contributed by atoms with Crippen molar-refractivity contribution in [3.05, 3.63) is 27.6 Å². The lowest BCUT2D eigenvalue weighted by Crippen LogP contribution is -2.35. The van der Waals surface area contributed by atoms with Crippen LogP contribution in [0, 0.1) is 0 Å². The average Bonchev–Trinajstić information content (AvgIpc) is 2.13. The van der Waals surface area contributed by atoms with E-state index in [-0.39, 0.29) is 23.6 Å². The Balaban J connectivity index is 2.46. The van der Waals surface area contributed by atoms with Crippen LogP contribution in [0.5, 0.6) is 0 Å². The highest BCUT2D eigenvalue weighted by molar-refractivity contribution is 5.90. The molecule has 0 saturated carbocycles. The van der Waals surface area contributed by atoms with E-state index in [4.69, 9.17) is 0 Å². The molecular weight excluding hydrogens is 241 g/mol. The van der Waals surface area contributed by atoms with E-state index in [9.17, 15) is 22.8 Å². The molecule has 17 heavy (non-hydrogen) atoms. The number of carbonyl (C=O) groups excluding carboxylic acids is 1. The Bertz CT molecular complexity index is 521. The summed E-state index contributed by atoms with van der Waals surface area (Å²) in [4.78, 5) is 22.0. The molecule has 5 nitrogen and oxygen atoms in total. The number of fused-ring (bicyclic) bond motifs is 1. The summed E-state index contributed by atoms with van der Waals surface area (Å²) >= 11 is 0. The molecule has 0 atom stereocenters. The third-order valence-corrected chi connectivity index (χ3v) is 2.20. The van der Waals surface area contributed by atoms with Gasteiger partial charge in [-0.1, -0.05) is 0 Å². The maximum absolute atomic E-state index is 12.3. The van der Waals surface area contributed by atoms with Crippen molar-refractivity contribution in [1.29, 1.82) is 0 Å².